The number of benzene rings is 1. The Hall–Kier alpha value is -1.49. The van der Waals surface area contributed by atoms with E-state index in [1.54, 1.807) is 6.20 Å². The maximum atomic E-state index is 5.98. The second-order valence-corrected chi connectivity index (χ2v) is 5.49. The molecule has 5 heteroatoms. The molecule has 0 atom stereocenters. The fourth-order valence-corrected chi connectivity index (χ4v) is 2.58. The number of H-pyrrole nitrogens is 1. The van der Waals surface area contributed by atoms with Gasteiger partial charge in [0.05, 0.1) is 16.8 Å². The number of nitrogens with one attached hydrogen (secondary N) is 1. The fourth-order valence-electron chi connectivity index (χ4n) is 1.91. The molecule has 3 rings (SSSR count). The number of nitrogen functional groups attached to an aromatic ring is 1. The van der Waals surface area contributed by atoms with Crippen LogP contribution in [0.5, 0.6) is 5.75 Å². The molecule has 0 saturated heterocycles. The molecule has 0 radical (unpaired) electrons. The number of hydrogen-bond donors (Lipinski definition) is 2. The van der Waals surface area contributed by atoms with Crippen LogP contribution in [0.2, 0.25) is 0 Å². The van der Waals surface area contributed by atoms with Crippen molar-refractivity contribution in [2.45, 2.75) is 25.9 Å². The summed E-state index contributed by atoms with van der Waals surface area (Å²) >= 11 is 3.57. The number of halogens is 1. The normalized spacial score (nSPS) is 14.8. The topological polar surface area (TPSA) is 63.9 Å². The fraction of sp³-hybridized carbons (Fsp3) is 0.308. The van der Waals surface area contributed by atoms with Crippen LogP contribution in [0.4, 0.5) is 5.82 Å². The van der Waals surface area contributed by atoms with Gasteiger partial charge in [-0.3, -0.25) is 5.10 Å². The number of ether oxygens (including phenoxy) is 1. The minimum atomic E-state index is 0.343. The Bertz CT molecular complexity index is 590. The first kappa shape index (κ1) is 11.6. The molecule has 0 spiro atoms. The Labute approximate surface area is 114 Å². The summed E-state index contributed by atoms with van der Waals surface area (Å²) in [5.74, 6) is 1.42. The lowest BCUT2D eigenvalue weighted by atomic mass is 10.0. The Morgan fingerprint density at radius 2 is 2.17 bits per heavy atom. The number of aromatic amines is 1. The largest absolute Gasteiger partial charge is 0.489 e. The van der Waals surface area contributed by atoms with Gasteiger partial charge in [-0.1, -0.05) is 0 Å². The van der Waals surface area contributed by atoms with Gasteiger partial charge >= 0.3 is 0 Å². The van der Waals surface area contributed by atoms with E-state index in [-0.39, 0.29) is 0 Å². The molecule has 2 aromatic rings. The predicted molar refractivity (Wildman–Crippen MR) is 74.5 cm³/mol. The molecular formula is C13H14BrN3O. The Kier molecular flexibility index (Phi) is 2.78. The molecule has 1 aliphatic carbocycles. The van der Waals surface area contributed by atoms with Gasteiger partial charge in [-0.15, -0.1) is 0 Å². The third-order valence-electron chi connectivity index (χ3n) is 2.96. The van der Waals surface area contributed by atoms with Gasteiger partial charge in [0.25, 0.3) is 0 Å². The zero-order valence-electron chi connectivity index (χ0n) is 10.0. The van der Waals surface area contributed by atoms with Gasteiger partial charge in [0.15, 0.2) is 0 Å². The van der Waals surface area contributed by atoms with Crippen LogP contribution < -0.4 is 10.5 Å². The summed E-state index contributed by atoms with van der Waals surface area (Å²) in [4.78, 5) is 0. The van der Waals surface area contributed by atoms with Gasteiger partial charge in [-0.05, 0) is 53.4 Å². The van der Waals surface area contributed by atoms with E-state index in [1.807, 2.05) is 6.92 Å². The highest BCUT2D eigenvalue weighted by Gasteiger charge is 2.26. The molecule has 0 unspecified atom stereocenters. The van der Waals surface area contributed by atoms with E-state index >= 15 is 0 Å². The lowest BCUT2D eigenvalue weighted by Crippen LogP contribution is -2.00. The molecule has 1 heterocycles. The van der Waals surface area contributed by atoms with Crippen LogP contribution in [-0.2, 0) is 0 Å². The number of hydrogen-bond acceptors (Lipinski definition) is 3. The van der Waals surface area contributed by atoms with Crippen molar-refractivity contribution >= 4 is 21.7 Å². The van der Waals surface area contributed by atoms with Crippen molar-refractivity contribution < 1.29 is 4.74 Å². The molecule has 0 bridgehead atoms. The van der Waals surface area contributed by atoms with Crippen molar-refractivity contribution in [3.8, 4) is 16.9 Å². The SMILES string of the molecule is Cc1cc(Br)c(OC2CC2)c(-c2cn[nH]c2N)c1. The van der Waals surface area contributed by atoms with Crippen molar-refractivity contribution in [1.29, 1.82) is 0 Å². The van der Waals surface area contributed by atoms with Gasteiger partial charge in [-0.2, -0.15) is 5.10 Å². The highest BCUT2D eigenvalue weighted by Crippen LogP contribution is 2.42. The minimum absolute atomic E-state index is 0.343. The number of aryl methyl sites for hydroxylation is 1. The third kappa shape index (κ3) is 2.10. The molecule has 18 heavy (non-hydrogen) atoms. The van der Waals surface area contributed by atoms with Gasteiger partial charge in [-0.25, -0.2) is 0 Å². The van der Waals surface area contributed by atoms with Crippen LogP contribution in [-0.4, -0.2) is 16.3 Å². The van der Waals surface area contributed by atoms with Crippen LogP contribution >= 0.6 is 15.9 Å². The van der Waals surface area contributed by atoms with Crippen LogP contribution in [0, 0.1) is 6.92 Å². The molecule has 3 N–H and O–H groups in total. The van der Waals surface area contributed by atoms with E-state index in [2.05, 4.69) is 38.3 Å². The number of anilines is 1. The predicted octanol–water partition coefficient (Wildman–Crippen LogP) is 3.27. The molecule has 4 nitrogen and oxygen atoms in total. The van der Waals surface area contributed by atoms with Crippen molar-refractivity contribution in [3.63, 3.8) is 0 Å². The van der Waals surface area contributed by atoms with Gasteiger partial charge < -0.3 is 10.5 Å². The molecular weight excluding hydrogens is 294 g/mol. The molecule has 0 aliphatic heterocycles. The summed E-state index contributed by atoms with van der Waals surface area (Å²) in [5, 5.41) is 6.73. The zero-order chi connectivity index (χ0) is 12.7. The van der Waals surface area contributed by atoms with Crippen molar-refractivity contribution in [3.05, 3.63) is 28.4 Å². The van der Waals surface area contributed by atoms with Crippen LogP contribution in [0.15, 0.2) is 22.8 Å². The number of nitrogens with two attached hydrogens (primary N) is 1. The van der Waals surface area contributed by atoms with E-state index in [0.29, 0.717) is 11.9 Å². The first-order valence-corrected chi connectivity index (χ1v) is 6.70. The number of aromatic nitrogens is 2. The molecule has 1 aliphatic rings. The molecule has 1 fully saturated rings. The maximum Gasteiger partial charge on any atom is 0.141 e. The Morgan fingerprint density at radius 3 is 2.78 bits per heavy atom. The molecule has 1 saturated carbocycles. The van der Waals surface area contributed by atoms with Crippen molar-refractivity contribution in [2.24, 2.45) is 0 Å². The highest BCUT2D eigenvalue weighted by atomic mass is 79.9. The molecule has 94 valence electrons. The Balaban J connectivity index is 2.13. The summed E-state index contributed by atoms with van der Waals surface area (Å²) in [6, 6.07) is 4.13. The quantitative estimate of drug-likeness (QED) is 0.914. The average molecular weight is 308 g/mol. The summed E-state index contributed by atoms with van der Waals surface area (Å²) in [7, 11) is 0. The van der Waals surface area contributed by atoms with Gasteiger partial charge in [0, 0.05) is 11.1 Å². The van der Waals surface area contributed by atoms with E-state index in [9.17, 15) is 0 Å². The summed E-state index contributed by atoms with van der Waals surface area (Å²) in [6.45, 7) is 2.05. The Morgan fingerprint density at radius 1 is 1.39 bits per heavy atom. The summed E-state index contributed by atoms with van der Waals surface area (Å²) < 4.78 is 6.94. The second-order valence-electron chi connectivity index (χ2n) is 4.64. The molecule has 1 aromatic heterocycles. The van der Waals surface area contributed by atoms with Crippen LogP contribution in [0.3, 0.4) is 0 Å². The maximum absolute atomic E-state index is 5.98. The monoisotopic (exact) mass is 307 g/mol. The van der Waals surface area contributed by atoms with Gasteiger partial charge in [0.1, 0.15) is 11.6 Å². The first-order valence-electron chi connectivity index (χ1n) is 5.91. The van der Waals surface area contributed by atoms with Crippen molar-refractivity contribution in [2.75, 3.05) is 5.73 Å². The minimum Gasteiger partial charge on any atom is -0.489 e. The van der Waals surface area contributed by atoms with E-state index in [4.69, 9.17) is 10.5 Å². The second kappa shape index (κ2) is 4.31. The van der Waals surface area contributed by atoms with Crippen LogP contribution in [0.25, 0.3) is 11.1 Å². The van der Waals surface area contributed by atoms with Crippen molar-refractivity contribution in [1.82, 2.24) is 10.2 Å². The lowest BCUT2D eigenvalue weighted by Gasteiger charge is -2.13. The van der Waals surface area contributed by atoms with Crippen LogP contribution in [0.1, 0.15) is 18.4 Å². The van der Waals surface area contributed by atoms with E-state index < -0.39 is 0 Å². The summed E-state index contributed by atoms with van der Waals surface area (Å²) in [6.07, 6.45) is 4.33. The smallest absolute Gasteiger partial charge is 0.141 e. The lowest BCUT2D eigenvalue weighted by molar-refractivity contribution is 0.302. The van der Waals surface area contributed by atoms with E-state index in [1.165, 1.54) is 0 Å². The number of nitrogens with zero attached hydrogens (tertiary/aromatic N) is 1. The first-order chi connectivity index (χ1) is 8.65. The molecule has 1 aromatic carbocycles. The molecule has 0 amide bonds. The zero-order valence-corrected chi connectivity index (χ0v) is 11.6. The van der Waals surface area contributed by atoms with Gasteiger partial charge in [0.2, 0.25) is 0 Å². The van der Waals surface area contributed by atoms with E-state index in [0.717, 1.165) is 39.8 Å². The third-order valence-corrected chi connectivity index (χ3v) is 3.54. The standard InChI is InChI=1S/C13H14BrN3O/c1-7-4-9(10-6-16-17-13(10)15)12(11(14)5-7)18-8-2-3-8/h4-6,8H,2-3H2,1H3,(H3,15,16,17). The summed E-state index contributed by atoms with van der Waals surface area (Å²) in [5.41, 5.74) is 8.92. The highest BCUT2D eigenvalue weighted by molar-refractivity contribution is 9.10. The average Bonchev–Trinajstić information content (AvgIpc) is 3.03. The number of rotatable bonds is 3.